The Hall–Kier alpha value is -2.11. The average molecular weight is 279 g/mol. The van der Waals surface area contributed by atoms with Gasteiger partial charge in [-0.25, -0.2) is 9.78 Å². The van der Waals surface area contributed by atoms with Crippen LogP contribution < -0.4 is 11.1 Å². The van der Waals surface area contributed by atoms with Gasteiger partial charge in [-0.05, 0) is 19.1 Å². The van der Waals surface area contributed by atoms with Crippen molar-refractivity contribution in [2.24, 2.45) is 5.73 Å². The van der Waals surface area contributed by atoms with Crippen molar-refractivity contribution in [1.29, 1.82) is 0 Å². The van der Waals surface area contributed by atoms with Crippen LogP contribution in [-0.4, -0.2) is 28.0 Å². The van der Waals surface area contributed by atoms with Crippen molar-refractivity contribution in [3.63, 3.8) is 0 Å². The average Bonchev–Trinajstić information content (AvgIpc) is 2.25. The zero-order valence-corrected chi connectivity index (χ0v) is 12.2. The molecule has 4 N–H and O–H groups in total. The molecule has 0 fully saturated rings. The van der Waals surface area contributed by atoms with E-state index in [1.165, 1.54) is 6.07 Å². The Kier molecular flexibility index (Phi) is 4.70. The molecular formula is C14H21N3O3. The zero-order chi connectivity index (χ0) is 15.5. The highest BCUT2D eigenvalue weighted by molar-refractivity contribution is 5.88. The molecule has 0 saturated carbocycles. The van der Waals surface area contributed by atoms with E-state index in [9.17, 15) is 9.59 Å². The highest BCUT2D eigenvalue weighted by atomic mass is 16.4. The standard InChI is InChI=1S/C14H21N3O3/c1-8(5-11(15)18)16-12-7-9(13(19)20)6-10(17-12)14(2,3)4/h6-8H,5H2,1-4H3,(H2,15,18)(H,16,17)(H,19,20). The molecule has 0 aliphatic rings. The quantitative estimate of drug-likeness (QED) is 0.761. The van der Waals surface area contributed by atoms with Gasteiger partial charge in [-0.3, -0.25) is 4.79 Å². The van der Waals surface area contributed by atoms with Gasteiger partial charge in [0.1, 0.15) is 5.82 Å². The van der Waals surface area contributed by atoms with E-state index < -0.39 is 11.9 Å². The Morgan fingerprint density at radius 3 is 2.45 bits per heavy atom. The fourth-order valence-electron chi connectivity index (χ4n) is 1.72. The van der Waals surface area contributed by atoms with Gasteiger partial charge in [0, 0.05) is 23.6 Å². The van der Waals surface area contributed by atoms with E-state index in [4.69, 9.17) is 10.8 Å². The smallest absolute Gasteiger partial charge is 0.335 e. The molecule has 6 nitrogen and oxygen atoms in total. The number of pyridine rings is 1. The third kappa shape index (κ3) is 4.53. The number of hydrogen-bond acceptors (Lipinski definition) is 4. The van der Waals surface area contributed by atoms with Crippen LogP contribution in [0, 0.1) is 0 Å². The molecule has 0 radical (unpaired) electrons. The second kappa shape index (κ2) is 5.90. The topological polar surface area (TPSA) is 105 Å². The predicted octanol–water partition coefficient (Wildman–Crippen LogP) is 1.75. The van der Waals surface area contributed by atoms with Crippen LogP contribution in [0.4, 0.5) is 5.82 Å². The number of nitrogens with zero attached hydrogens (tertiary/aromatic N) is 1. The number of nitrogens with one attached hydrogen (secondary N) is 1. The molecule has 0 aromatic carbocycles. The number of nitrogens with two attached hydrogens (primary N) is 1. The maximum Gasteiger partial charge on any atom is 0.335 e. The molecule has 1 atom stereocenters. The van der Waals surface area contributed by atoms with E-state index in [1.807, 2.05) is 20.8 Å². The molecule has 1 unspecified atom stereocenters. The van der Waals surface area contributed by atoms with Crippen LogP contribution in [0.2, 0.25) is 0 Å². The van der Waals surface area contributed by atoms with Crippen LogP contribution in [0.25, 0.3) is 0 Å². The highest BCUT2D eigenvalue weighted by Crippen LogP contribution is 2.23. The van der Waals surface area contributed by atoms with E-state index in [2.05, 4.69) is 10.3 Å². The first-order valence-electron chi connectivity index (χ1n) is 6.40. The van der Waals surface area contributed by atoms with Crippen molar-refractivity contribution in [2.75, 3.05) is 5.32 Å². The summed E-state index contributed by atoms with van der Waals surface area (Å²) < 4.78 is 0. The third-order valence-electron chi connectivity index (χ3n) is 2.74. The molecule has 1 aromatic heterocycles. The minimum absolute atomic E-state index is 0.157. The molecule has 6 heteroatoms. The number of amides is 1. The van der Waals surface area contributed by atoms with Crippen LogP contribution in [0.15, 0.2) is 12.1 Å². The summed E-state index contributed by atoms with van der Waals surface area (Å²) in [4.78, 5) is 26.4. The van der Waals surface area contributed by atoms with E-state index >= 15 is 0 Å². The molecule has 1 heterocycles. The van der Waals surface area contributed by atoms with Crippen LogP contribution in [0.5, 0.6) is 0 Å². The van der Waals surface area contributed by atoms with Crippen molar-refractivity contribution in [1.82, 2.24) is 4.98 Å². The first-order valence-corrected chi connectivity index (χ1v) is 6.40. The van der Waals surface area contributed by atoms with E-state index in [-0.39, 0.29) is 23.4 Å². The summed E-state index contributed by atoms with van der Waals surface area (Å²) in [7, 11) is 0. The zero-order valence-electron chi connectivity index (χ0n) is 12.2. The van der Waals surface area contributed by atoms with Gasteiger partial charge in [0.25, 0.3) is 0 Å². The van der Waals surface area contributed by atoms with E-state index in [0.29, 0.717) is 11.5 Å². The van der Waals surface area contributed by atoms with Gasteiger partial charge >= 0.3 is 5.97 Å². The molecular weight excluding hydrogens is 258 g/mol. The van der Waals surface area contributed by atoms with Crippen LogP contribution >= 0.6 is 0 Å². The van der Waals surface area contributed by atoms with Crippen LogP contribution in [0.1, 0.15) is 50.2 Å². The van der Waals surface area contributed by atoms with E-state index in [0.717, 1.165) is 0 Å². The summed E-state index contributed by atoms with van der Waals surface area (Å²) >= 11 is 0. The number of rotatable bonds is 5. The molecule has 1 aromatic rings. The summed E-state index contributed by atoms with van der Waals surface area (Å²) in [5.41, 5.74) is 5.70. The number of carbonyl (C=O) groups excluding carboxylic acids is 1. The second-order valence-corrected chi connectivity index (χ2v) is 5.90. The largest absolute Gasteiger partial charge is 0.478 e. The molecule has 20 heavy (non-hydrogen) atoms. The Labute approximate surface area is 118 Å². The minimum atomic E-state index is -1.01. The van der Waals surface area contributed by atoms with Crippen molar-refractivity contribution < 1.29 is 14.7 Å². The number of carboxylic acids is 1. The van der Waals surface area contributed by atoms with Crippen molar-refractivity contribution >= 4 is 17.7 Å². The van der Waals surface area contributed by atoms with Gasteiger partial charge in [0.05, 0.1) is 5.56 Å². The molecule has 1 amide bonds. The Morgan fingerprint density at radius 1 is 1.40 bits per heavy atom. The lowest BCUT2D eigenvalue weighted by atomic mass is 9.90. The van der Waals surface area contributed by atoms with Gasteiger partial charge in [-0.15, -0.1) is 0 Å². The fraction of sp³-hybridized carbons (Fsp3) is 0.500. The summed E-state index contributed by atoms with van der Waals surface area (Å²) in [5, 5.41) is 12.2. The van der Waals surface area contributed by atoms with Crippen LogP contribution in [-0.2, 0) is 10.2 Å². The third-order valence-corrected chi connectivity index (χ3v) is 2.74. The normalized spacial score (nSPS) is 12.8. The molecule has 0 spiro atoms. The van der Waals surface area contributed by atoms with Crippen molar-refractivity contribution in [3.8, 4) is 0 Å². The predicted molar refractivity (Wildman–Crippen MR) is 76.8 cm³/mol. The fourth-order valence-corrected chi connectivity index (χ4v) is 1.72. The summed E-state index contributed by atoms with van der Waals surface area (Å²) in [6.45, 7) is 7.66. The Bertz CT molecular complexity index is 521. The molecule has 0 aliphatic heterocycles. The number of aromatic nitrogens is 1. The number of carboxylic acid groups (broad SMARTS) is 1. The minimum Gasteiger partial charge on any atom is -0.478 e. The van der Waals surface area contributed by atoms with Gasteiger partial charge in [0.2, 0.25) is 5.91 Å². The lowest BCUT2D eigenvalue weighted by Gasteiger charge is -2.21. The molecule has 0 aliphatic carbocycles. The number of hydrogen-bond donors (Lipinski definition) is 3. The molecule has 0 saturated heterocycles. The summed E-state index contributed by atoms with van der Waals surface area (Å²) in [6.07, 6.45) is 0.157. The SMILES string of the molecule is CC(CC(N)=O)Nc1cc(C(=O)O)cc(C(C)(C)C)n1. The maximum atomic E-state index is 11.2. The Balaban J connectivity index is 3.09. The lowest BCUT2D eigenvalue weighted by Crippen LogP contribution is -2.25. The monoisotopic (exact) mass is 279 g/mol. The molecule has 0 bridgehead atoms. The van der Waals surface area contributed by atoms with Crippen molar-refractivity contribution in [2.45, 2.75) is 45.6 Å². The lowest BCUT2D eigenvalue weighted by molar-refractivity contribution is -0.118. The van der Waals surface area contributed by atoms with Crippen LogP contribution in [0.3, 0.4) is 0 Å². The number of primary amides is 1. The number of carbonyl (C=O) groups is 2. The van der Waals surface area contributed by atoms with Gasteiger partial charge in [0.15, 0.2) is 0 Å². The number of anilines is 1. The maximum absolute atomic E-state index is 11.2. The van der Waals surface area contributed by atoms with E-state index in [1.54, 1.807) is 13.0 Å². The summed E-state index contributed by atoms with van der Waals surface area (Å²) in [6, 6.07) is 2.80. The first kappa shape index (κ1) is 15.9. The Morgan fingerprint density at radius 2 is 2.00 bits per heavy atom. The van der Waals surface area contributed by atoms with Gasteiger partial charge in [-0.1, -0.05) is 20.8 Å². The summed E-state index contributed by atoms with van der Waals surface area (Å²) in [5.74, 6) is -0.998. The van der Waals surface area contributed by atoms with Gasteiger partial charge in [-0.2, -0.15) is 0 Å². The van der Waals surface area contributed by atoms with Crippen molar-refractivity contribution in [3.05, 3.63) is 23.4 Å². The molecule has 110 valence electrons. The number of aromatic carboxylic acids is 1. The second-order valence-electron chi connectivity index (χ2n) is 5.90. The van der Waals surface area contributed by atoms with Gasteiger partial charge < -0.3 is 16.2 Å². The first-order chi connectivity index (χ1) is 9.09. The molecule has 1 rings (SSSR count). The highest BCUT2D eigenvalue weighted by Gasteiger charge is 2.19.